The number of methoxy groups -OCH3 is 1. The lowest BCUT2D eigenvalue weighted by Gasteiger charge is -2.35. The Morgan fingerprint density at radius 3 is 2.50 bits per heavy atom. The maximum atomic E-state index is 13.3. The van der Waals surface area contributed by atoms with Gasteiger partial charge in [0, 0.05) is 48.7 Å². The average molecular weight is 601 g/mol. The molecule has 2 aromatic heterocycles. The van der Waals surface area contributed by atoms with Gasteiger partial charge in [0.05, 0.1) is 26.7 Å². The number of aryl methyl sites for hydroxylation is 1. The molecule has 5 rings (SSSR count). The van der Waals surface area contributed by atoms with E-state index >= 15 is 0 Å². The van der Waals surface area contributed by atoms with Crippen LogP contribution in [0.1, 0.15) is 68.7 Å². The molecule has 1 N–H and O–H groups in total. The Hall–Kier alpha value is -4.14. The van der Waals surface area contributed by atoms with Gasteiger partial charge in [-0.2, -0.15) is 0 Å². The molecule has 2 aliphatic rings. The number of benzene rings is 1. The fourth-order valence-electron chi connectivity index (χ4n) is 6.05. The Balaban J connectivity index is 1.25. The highest BCUT2D eigenvalue weighted by molar-refractivity contribution is 5.93. The van der Waals surface area contributed by atoms with E-state index in [1.54, 1.807) is 18.2 Å². The van der Waals surface area contributed by atoms with Crippen LogP contribution in [-0.4, -0.2) is 53.8 Å². The molecule has 1 atom stereocenters. The van der Waals surface area contributed by atoms with Crippen molar-refractivity contribution >= 4 is 23.4 Å². The highest BCUT2D eigenvalue weighted by Gasteiger charge is 2.34. The smallest absolute Gasteiger partial charge is 0.303 e. The molecule has 1 saturated carbocycles. The molecule has 9 nitrogen and oxygen atoms in total. The van der Waals surface area contributed by atoms with E-state index in [2.05, 4.69) is 27.0 Å². The number of aromatic nitrogens is 2. The van der Waals surface area contributed by atoms with Crippen LogP contribution in [0.15, 0.2) is 54.7 Å². The van der Waals surface area contributed by atoms with Crippen LogP contribution in [0, 0.1) is 24.7 Å². The molecule has 9 heteroatoms. The molecule has 3 aromatic rings. The molecule has 234 valence electrons. The monoisotopic (exact) mass is 600 g/mol. The lowest BCUT2D eigenvalue weighted by molar-refractivity contribution is -0.137. The van der Waals surface area contributed by atoms with Crippen molar-refractivity contribution in [3.8, 4) is 11.6 Å². The SMILES string of the molecule is COc1ccc(CN(C(=O)C(C)C)c2cccc(C)n2)c(N2CCC(COc3cc(C(CC(=O)O)C4CC4)ccn3)CC2)c1. The number of hydrogen-bond donors (Lipinski definition) is 1. The van der Waals surface area contributed by atoms with Crippen LogP contribution in [0.4, 0.5) is 11.5 Å². The maximum absolute atomic E-state index is 13.3. The average Bonchev–Trinajstić information content (AvgIpc) is 3.87. The van der Waals surface area contributed by atoms with Crippen LogP contribution in [0.3, 0.4) is 0 Å². The normalized spacial score (nSPS) is 16.1. The lowest BCUT2D eigenvalue weighted by Crippen LogP contribution is -2.38. The largest absolute Gasteiger partial charge is 0.497 e. The Morgan fingerprint density at radius 2 is 1.84 bits per heavy atom. The standard InChI is InChI=1S/C35H44N4O5/c1-23(2)35(42)39(32-7-5-6-24(3)37-32)21-28-10-11-29(43-4)19-31(28)38-16-13-25(14-17-38)22-44-33-18-27(12-15-36-33)30(20-34(40)41)26-8-9-26/h5-7,10-12,15,18-19,23,25-26,30H,8-9,13-14,16-17,20-22H2,1-4H3,(H,40,41). The Morgan fingerprint density at radius 1 is 1.07 bits per heavy atom. The zero-order chi connectivity index (χ0) is 31.2. The van der Waals surface area contributed by atoms with Gasteiger partial charge >= 0.3 is 5.97 Å². The number of anilines is 2. The highest BCUT2D eigenvalue weighted by atomic mass is 16.5. The number of carbonyl (C=O) groups excluding carboxylic acids is 1. The molecule has 1 amide bonds. The summed E-state index contributed by atoms with van der Waals surface area (Å²) in [5.41, 5.74) is 3.99. The quantitative estimate of drug-likeness (QED) is 0.246. The van der Waals surface area contributed by atoms with Crippen molar-refractivity contribution in [3.05, 3.63) is 71.5 Å². The summed E-state index contributed by atoms with van der Waals surface area (Å²) < 4.78 is 11.7. The fourth-order valence-corrected chi connectivity index (χ4v) is 6.05. The molecule has 1 aromatic carbocycles. The molecule has 2 fully saturated rings. The third-order valence-electron chi connectivity index (χ3n) is 8.73. The minimum atomic E-state index is -0.766. The van der Waals surface area contributed by atoms with E-state index in [0.29, 0.717) is 36.7 Å². The van der Waals surface area contributed by atoms with Gasteiger partial charge < -0.3 is 19.5 Å². The first-order valence-electron chi connectivity index (χ1n) is 15.7. The summed E-state index contributed by atoms with van der Waals surface area (Å²) in [4.78, 5) is 38.0. The molecule has 1 aliphatic carbocycles. The summed E-state index contributed by atoms with van der Waals surface area (Å²) in [7, 11) is 1.67. The summed E-state index contributed by atoms with van der Waals surface area (Å²) in [5.74, 6) is 1.94. The molecule has 1 unspecified atom stereocenters. The van der Waals surface area contributed by atoms with E-state index in [9.17, 15) is 14.7 Å². The number of piperidine rings is 1. The number of ether oxygens (including phenoxy) is 2. The van der Waals surface area contributed by atoms with Crippen molar-refractivity contribution in [2.45, 2.75) is 65.3 Å². The van der Waals surface area contributed by atoms with E-state index < -0.39 is 5.97 Å². The second-order valence-corrected chi connectivity index (χ2v) is 12.4. The van der Waals surface area contributed by atoms with Crippen LogP contribution >= 0.6 is 0 Å². The predicted octanol–water partition coefficient (Wildman–Crippen LogP) is 6.25. The number of pyridine rings is 2. The van der Waals surface area contributed by atoms with Gasteiger partial charge in [-0.3, -0.25) is 14.5 Å². The molecule has 44 heavy (non-hydrogen) atoms. The second-order valence-electron chi connectivity index (χ2n) is 12.4. The summed E-state index contributed by atoms with van der Waals surface area (Å²) in [5, 5.41) is 9.39. The predicted molar refractivity (Wildman–Crippen MR) is 170 cm³/mol. The maximum Gasteiger partial charge on any atom is 0.303 e. The molecular formula is C35H44N4O5. The van der Waals surface area contributed by atoms with Gasteiger partial charge in [-0.1, -0.05) is 26.0 Å². The van der Waals surface area contributed by atoms with E-state index in [1.807, 2.05) is 57.2 Å². The van der Waals surface area contributed by atoms with Gasteiger partial charge in [-0.05, 0) is 85.8 Å². The van der Waals surface area contributed by atoms with Gasteiger partial charge in [0.2, 0.25) is 11.8 Å². The first-order valence-corrected chi connectivity index (χ1v) is 15.7. The Labute approximate surface area is 260 Å². The molecule has 0 radical (unpaired) electrons. The number of hydrogen-bond acceptors (Lipinski definition) is 7. The highest BCUT2D eigenvalue weighted by Crippen LogP contribution is 2.45. The van der Waals surface area contributed by atoms with Gasteiger partial charge in [0.25, 0.3) is 0 Å². The third-order valence-corrected chi connectivity index (χ3v) is 8.73. The van der Waals surface area contributed by atoms with Crippen molar-refractivity contribution in [3.63, 3.8) is 0 Å². The van der Waals surface area contributed by atoms with Crippen molar-refractivity contribution in [2.24, 2.45) is 17.8 Å². The first kappa shape index (κ1) is 31.3. The summed E-state index contributed by atoms with van der Waals surface area (Å²) in [6.45, 7) is 8.46. The molecule has 0 spiro atoms. The molecular weight excluding hydrogens is 556 g/mol. The number of aliphatic carboxylic acids is 1. The minimum Gasteiger partial charge on any atom is -0.497 e. The number of carboxylic acid groups (broad SMARTS) is 1. The Bertz CT molecular complexity index is 1450. The van der Waals surface area contributed by atoms with Crippen molar-refractivity contribution in [2.75, 3.05) is 36.6 Å². The van der Waals surface area contributed by atoms with E-state index in [0.717, 1.165) is 67.0 Å². The number of carbonyl (C=O) groups is 2. The number of carboxylic acids is 1. The summed E-state index contributed by atoms with van der Waals surface area (Å²) in [6.07, 6.45) is 5.94. The van der Waals surface area contributed by atoms with Gasteiger partial charge in [0.1, 0.15) is 11.6 Å². The molecule has 1 aliphatic heterocycles. The van der Waals surface area contributed by atoms with Crippen LogP contribution in [0.25, 0.3) is 0 Å². The minimum absolute atomic E-state index is 0.0200. The topological polar surface area (TPSA) is 105 Å². The van der Waals surface area contributed by atoms with Crippen molar-refractivity contribution in [1.29, 1.82) is 0 Å². The van der Waals surface area contributed by atoms with E-state index in [-0.39, 0.29) is 24.2 Å². The zero-order valence-corrected chi connectivity index (χ0v) is 26.2. The van der Waals surface area contributed by atoms with Gasteiger partial charge in [-0.15, -0.1) is 0 Å². The summed E-state index contributed by atoms with van der Waals surface area (Å²) in [6, 6.07) is 15.7. The number of nitrogens with zero attached hydrogens (tertiary/aromatic N) is 4. The van der Waals surface area contributed by atoms with E-state index in [4.69, 9.17) is 9.47 Å². The number of rotatable bonds is 13. The fraction of sp³-hybridized carbons (Fsp3) is 0.486. The van der Waals surface area contributed by atoms with Crippen LogP contribution in [0.2, 0.25) is 0 Å². The second kappa shape index (κ2) is 14.1. The van der Waals surface area contributed by atoms with Crippen LogP contribution in [0.5, 0.6) is 11.6 Å². The van der Waals surface area contributed by atoms with Crippen molar-refractivity contribution in [1.82, 2.24) is 9.97 Å². The molecule has 1 saturated heterocycles. The molecule has 0 bridgehead atoms. The first-order chi connectivity index (χ1) is 21.2. The number of amides is 1. The van der Waals surface area contributed by atoms with Crippen molar-refractivity contribution < 1.29 is 24.2 Å². The van der Waals surface area contributed by atoms with E-state index in [1.165, 1.54) is 0 Å². The lowest BCUT2D eigenvalue weighted by atomic mass is 9.92. The van der Waals surface area contributed by atoms with Crippen LogP contribution < -0.4 is 19.3 Å². The summed E-state index contributed by atoms with van der Waals surface area (Å²) >= 11 is 0. The Kier molecular flexibility index (Phi) is 10.0. The molecule has 3 heterocycles. The van der Waals surface area contributed by atoms with Gasteiger partial charge in [0.15, 0.2) is 0 Å². The zero-order valence-electron chi connectivity index (χ0n) is 26.2. The van der Waals surface area contributed by atoms with Gasteiger partial charge in [-0.25, -0.2) is 9.97 Å². The third kappa shape index (κ3) is 7.87. The van der Waals surface area contributed by atoms with Crippen LogP contribution in [-0.2, 0) is 16.1 Å².